The molecule has 1 amide bonds. The number of ether oxygens (including phenoxy) is 1. The van der Waals surface area contributed by atoms with Gasteiger partial charge in [-0.3, -0.25) is 4.79 Å². The van der Waals surface area contributed by atoms with Crippen LogP contribution >= 0.6 is 0 Å². The predicted octanol–water partition coefficient (Wildman–Crippen LogP) is 2.54. The highest BCUT2D eigenvalue weighted by Crippen LogP contribution is 2.22. The quantitative estimate of drug-likeness (QED) is 0.833. The summed E-state index contributed by atoms with van der Waals surface area (Å²) in [5.74, 6) is 0.607. The van der Waals surface area contributed by atoms with E-state index < -0.39 is 0 Å². The maximum atomic E-state index is 12.2. The van der Waals surface area contributed by atoms with Crippen LogP contribution in [0.5, 0.6) is 5.88 Å². The van der Waals surface area contributed by atoms with E-state index in [1.54, 1.807) is 11.1 Å². The van der Waals surface area contributed by atoms with E-state index in [0.717, 1.165) is 5.69 Å². The normalized spacial score (nSPS) is 12.1. The Balaban J connectivity index is 2.79. The van der Waals surface area contributed by atoms with Gasteiger partial charge in [-0.25, -0.2) is 4.98 Å². The van der Waals surface area contributed by atoms with Crippen molar-refractivity contribution < 1.29 is 9.53 Å². The maximum Gasteiger partial charge on any atom is 0.244 e. The summed E-state index contributed by atoms with van der Waals surface area (Å²) in [5.41, 5.74) is 0.745. The molecule has 112 valence electrons. The van der Waals surface area contributed by atoms with Crippen molar-refractivity contribution >= 4 is 11.6 Å². The molecule has 0 spiro atoms. The van der Waals surface area contributed by atoms with Gasteiger partial charge in [-0.05, 0) is 46.8 Å². The molecule has 0 aliphatic rings. The van der Waals surface area contributed by atoms with Gasteiger partial charge in [0, 0.05) is 19.3 Å². The van der Waals surface area contributed by atoms with Crippen molar-refractivity contribution in [1.82, 2.24) is 9.88 Å². The zero-order valence-electron chi connectivity index (χ0n) is 13.0. The fourth-order valence-electron chi connectivity index (χ4n) is 1.92. The molecule has 20 heavy (non-hydrogen) atoms. The van der Waals surface area contributed by atoms with Crippen LogP contribution in [0.15, 0.2) is 18.3 Å². The molecule has 1 atom stereocenters. The Morgan fingerprint density at radius 3 is 2.55 bits per heavy atom. The first-order chi connectivity index (χ1) is 9.49. The Kier molecular flexibility index (Phi) is 6.28. The summed E-state index contributed by atoms with van der Waals surface area (Å²) in [5, 5.41) is 3.19. The molecule has 0 bridgehead atoms. The van der Waals surface area contributed by atoms with Crippen LogP contribution < -0.4 is 10.1 Å². The van der Waals surface area contributed by atoms with Gasteiger partial charge in [0.05, 0.1) is 11.8 Å². The summed E-state index contributed by atoms with van der Waals surface area (Å²) in [6.07, 6.45) is 1.72. The number of hydrogen-bond donors (Lipinski definition) is 1. The Hall–Kier alpha value is -1.78. The van der Waals surface area contributed by atoms with E-state index in [1.807, 2.05) is 46.8 Å². The summed E-state index contributed by atoms with van der Waals surface area (Å²) < 4.78 is 5.64. The average molecular weight is 279 g/mol. The van der Waals surface area contributed by atoms with Gasteiger partial charge < -0.3 is 15.0 Å². The second kappa shape index (κ2) is 7.72. The number of aromatic nitrogens is 1. The van der Waals surface area contributed by atoms with Crippen LogP contribution in [0.3, 0.4) is 0 Å². The monoisotopic (exact) mass is 279 g/mol. The van der Waals surface area contributed by atoms with Gasteiger partial charge in [0.2, 0.25) is 11.8 Å². The van der Waals surface area contributed by atoms with Gasteiger partial charge in [-0.2, -0.15) is 0 Å². The first kappa shape index (κ1) is 16.3. The summed E-state index contributed by atoms with van der Waals surface area (Å²) in [7, 11) is 0. The number of carbonyl (C=O) groups is 1. The Morgan fingerprint density at radius 2 is 2.00 bits per heavy atom. The second-order valence-electron chi connectivity index (χ2n) is 4.90. The molecule has 1 rings (SSSR count). The minimum atomic E-state index is -0.311. The highest BCUT2D eigenvalue weighted by Gasteiger charge is 2.19. The number of hydrogen-bond acceptors (Lipinski definition) is 4. The molecule has 0 aromatic carbocycles. The molecule has 1 unspecified atom stereocenters. The molecule has 1 heterocycles. The van der Waals surface area contributed by atoms with Gasteiger partial charge in [0.15, 0.2) is 0 Å². The summed E-state index contributed by atoms with van der Waals surface area (Å²) in [4.78, 5) is 18.3. The Bertz CT molecular complexity index is 431. The first-order valence-corrected chi connectivity index (χ1v) is 7.16. The van der Waals surface area contributed by atoms with Crippen molar-refractivity contribution in [3.05, 3.63) is 18.3 Å². The number of anilines is 1. The third kappa shape index (κ3) is 4.40. The molecule has 0 saturated heterocycles. The topological polar surface area (TPSA) is 54.5 Å². The van der Waals surface area contributed by atoms with Crippen molar-refractivity contribution in [2.45, 2.75) is 46.8 Å². The number of rotatable bonds is 7. The lowest BCUT2D eigenvalue weighted by atomic mass is 10.2. The van der Waals surface area contributed by atoms with Crippen LogP contribution in [-0.2, 0) is 4.79 Å². The lowest BCUT2D eigenvalue weighted by molar-refractivity contribution is -0.131. The highest BCUT2D eigenvalue weighted by atomic mass is 16.5. The molecule has 5 heteroatoms. The molecular formula is C15H25N3O2. The molecule has 1 N–H and O–H groups in total. The smallest absolute Gasteiger partial charge is 0.244 e. The van der Waals surface area contributed by atoms with Crippen molar-refractivity contribution in [3.63, 3.8) is 0 Å². The number of pyridine rings is 1. The van der Waals surface area contributed by atoms with Crippen LogP contribution in [-0.4, -0.2) is 41.0 Å². The van der Waals surface area contributed by atoms with Gasteiger partial charge in [-0.1, -0.05) is 0 Å². The van der Waals surface area contributed by atoms with Crippen LogP contribution in [0.2, 0.25) is 0 Å². The number of carbonyl (C=O) groups excluding carboxylic acids is 1. The molecule has 0 fully saturated rings. The molecule has 0 saturated carbocycles. The summed E-state index contributed by atoms with van der Waals surface area (Å²) >= 11 is 0. The fourth-order valence-corrected chi connectivity index (χ4v) is 1.92. The SMILES string of the molecule is CCN(CC)C(=O)C(C)Nc1cccnc1OC(C)C. The molecule has 0 aliphatic heterocycles. The summed E-state index contributed by atoms with van der Waals surface area (Å²) in [6, 6.07) is 3.38. The fraction of sp³-hybridized carbons (Fsp3) is 0.600. The van der Waals surface area contributed by atoms with Gasteiger partial charge in [0.25, 0.3) is 0 Å². The van der Waals surface area contributed by atoms with E-state index in [-0.39, 0.29) is 18.1 Å². The number of nitrogens with one attached hydrogen (secondary N) is 1. The van der Waals surface area contributed by atoms with E-state index >= 15 is 0 Å². The molecule has 1 aromatic heterocycles. The summed E-state index contributed by atoms with van der Waals surface area (Å²) in [6.45, 7) is 11.1. The predicted molar refractivity (Wildman–Crippen MR) is 81.0 cm³/mol. The van der Waals surface area contributed by atoms with E-state index in [2.05, 4.69) is 10.3 Å². The lowest BCUT2D eigenvalue weighted by Crippen LogP contribution is -2.41. The van der Waals surface area contributed by atoms with E-state index in [4.69, 9.17) is 4.74 Å². The van der Waals surface area contributed by atoms with Crippen LogP contribution in [0, 0.1) is 0 Å². The molecular weight excluding hydrogens is 254 g/mol. The third-order valence-electron chi connectivity index (χ3n) is 2.94. The number of nitrogens with zero attached hydrogens (tertiary/aromatic N) is 2. The first-order valence-electron chi connectivity index (χ1n) is 7.16. The van der Waals surface area contributed by atoms with Crippen LogP contribution in [0.1, 0.15) is 34.6 Å². The van der Waals surface area contributed by atoms with Gasteiger partial charge >= 0.3 is 0 Å². The van der Waals surface area contributed by atoms with E-state index in [0.29, 0.717) is 19.0 Å². The zero-order valence-corrected chi connectivity index (χ0v) is 13.0. The van der Waals surface area contributed by atoms with Crippen molar-refractivity contribution in [2.75, 3.05) is 18.4 Å². The number of likely N-dealkylation sites (N-methyl/N-ethyl adjacent to an activating group) is 1. The maximum absolute atomic E-state index is 12.2. The standard InChI is InChI=1S/C15H25N3O2/c1-6-18(7-2)15(19)12(5)17-13-9-8-10-16-14(13)20-11(3)4/h8-12,17H,6-7H2,1-5H3. The average Bonchev–Trinajstić information content (AvgIpc) is 2.41. The molecule has 1 aromatic rings. The largest absolute Gasteiger partial charge is 0.473 e. The second-order valence-corrected chi connectivity index (χ2v) is 4.90. The van der Waals surface area contributed by atoms with Crippen molar-refractivity contribution in [1.29, 1.82) is 0 Å². The van der Waals surface area contributed by atoms with Crippen molar-refractivity contribution in [2.24, 2.45) is 0 Å². The van der Waals surface area contributed by atoms with E-state index in [9.17, 15) is 4.79 Å². The molecule has 0 radical (unpaired) electrons. The Morgan fingerprint density at radius 1 is 1.35 bits per heavy atom. The minimum absolute atomic E-state index is 0.0410. The Labute approximate surface area is 121 Å². The van der Waals surface area contributed by atoms with Crippen LogP contribution in [0.25, 0.3) is 0 Å². The molecule has 5 nitrogen and oxygen atoms in total. The minimum Gasteiger partial charge on any atom is -0.473 e. The highest BCUT2D eigenvalue weighted by molar-refractivity contribution is 5.84. The third-order valence-corrected chi connectivity index (χ3v) is 2.94. The zero-order chi connectivity index (χ0) is 15.1. The number of amides is 1. The van der Waals surface area contributed by atoms with Crippen LogP contribution in [0.4, 0.5) is 5.69 Å². The lowest BCUT2D eigenvalue weighted by Gasteiger charge is -2.24. The van der Waals surface area contributed by atoms with Gasteiger partial charge in [-0.15, -0.1) is 0 Å². The van der Waals surface area contributed by atoms with E-state index in [1.165, 1.54) is 0 Å². The molecule has 0 aliphatic carbocycles. The van der Waals surface area contributed by atoms with Gasteiger partial charge in [0.1, 0.15) is 6.04 Å². The van der Waals surface area contributed by atoms with Crippen molar-refractivity contribution in [3.8, 4) is 5.88 Å².